The van der Waals surface area contributed by atoms with E-state index in [9.17, 15) is 9.59 Å². The Morgan fingerprint density at radius 3 is 2.68 bits per heavy atom. The number of carboxylic acid groups (broad SMARTS) is 1. The number of nitrogens with one attached hydrogen (secondary N) is 1. The van der Waals surface area contributed by atoms with E-state index in [2.05, 4.69) is 10.3 Å². The third-order valence-electron chi connectivity index (χ3n) is 2.30. The molecule has 6 nitrogen and oxygen atoms in total. The Morgan fingerprint density at radius 1 is 1.42 bits per heavy atom. The van der Waals surface area contributed by atoms with Gasteiger partial charge in [0, 0.05) is 19.3 Å². The minimum Gasteiger partial charge on any atom is -0.478 e. The molecule has 0 aliphatic heterocycles. The molecule has 1 heterocycles. The van der Waals surface area contributed by atoms with Crippen LogP contribution in [0.15, 0.2) is 18.3 Å². The lowest BCUT2D eigenvalue weighted by Crippen LogP contribution is -2.26. The third-order valence-corrected chi connectivity index (χ3v) is 2.30. The number of pyridine rings is 1. The summed E-state index contributed by atoms with van der Waals surface area (Å²) in [6.07, 6.45) is 2.07. The predicted molar refractivity (Wildman–Crippen MR) is 69.2 cm³/mol. The van der Waals surface area contributed by atoms with Crippen molar-refractivity contribution in [2.45, 2.75) is 26.4 Å². The van der Waals surface area contributed by atoms with Gasteiger partial charge in [-0.05, 0) is 32.4 Å². The van der Waals surface area contributed by atoms with Crippen LogP contribution >= 0.6 is 0 Å². The molecule has 0 aliphatic carbocycles. The molecule has 19 heavy (non-hydrogen) atoms. The molecule has 6 heteroatoms. The number of carbonyl (C=O) groups is 2. The van der Waals surface area contributed by atoms with Crippen LogP contribution in [0.3, 0.4) is 0 Å². The van der Waals surface area contributed by atoms with Crippen molar-refractivity contribution in [1.82, 2.24) is 10.3 Å². The Bertz CT molecular complexity index is 429. The highest BCUT2D eigenvalue weighted by atomic mass is 16.5. The van der Waals surface area contributed by atoms with Crippen LogP contribution in [0.4, 0.5) is 0 Å². The molecular formula is C13H18N2O4. The van der Waals surface area contributed by atoms with Crippen LogP contribution in [0.1, 0.15) is 41.1 Å². The molecule has 0 saturated carbocycles. The Labute approximate surface area is 111 Å². The standard InChI is InChI=1S/C13H18N2O4/c1-9(2)19-7-3-6-14-12(16)11-5-4-10(8-15-11)13(17)18/h4-5,8-9H,3,6-7H2,1-2H3,(H,14,16)(H,17,18). The number of hydrogen-bond donors (Lipinski definition) is 2. The zero-order valence-electron chi connectivity index (χ0n) is 11.0. The summed E-state index contributed by atoms with van der Waals surface area (Å²) in [6, 6.07) is 2.75. The lowest BCUT2D eigenvalue weighted by atomic mass is 10.2. The molecule has 1 aromatic rings. The van der Waals surface area contributed by atoms with E-state index in [-0.39, 0.29) is 23.3 Å². The summed E-state index contributed by atoms with van der Waals surface area (Å²) in [5.74, 6) is -1.38. The number of nitrogens with zero attached hydrogens (tertiary/aromatic N) is 1. The van der Waals surface area contributed by atoms with Crippen molar-refractivity contribution in [3.8, 4) is 0 Å². The molecule has 0 bridgehead atoms. The first kappa shape index (κ1) is 15.1. The topological polar surface area (TPSA) is 88.5 Å². The van der Waals surface area contributed by atoms with E-state index in [0.717, 1.165) is 6.42 Å². The van der Waals surface area contributed by atoms with Crippen LogP contribution in [0, 0.1) is 0 Å². The zero-order chi connectivity index (χ0) is 14.3. The van der Waals surface area contributed by atoms with Gasteiger partial charge >= 0.3 is 5.97 Å². The van der Waals surface area contributed by atoms with E-state index in [1.807, 2.05) is 13.8 Å². The van der Waals surface area contributed by atoms with Crippen LogP contribution < -0.4 is 5.32 Å². The monoisotopic (exact) mass is 266 g/mol. The lowest BCUT2D eigenvalue weighted by Gasteiger charge is -2.08. The molecule has 0 aliphatic rings. The summed E-state index contributed by atoms with van der Waals surface area (Å²) in [7, 11) is 0. The van der Waals surface area contributed by atoms with Crippen molar-refractivity contribution in [3.05, 3.63) is 29.6 Å². The average molecular weight is 266 g/mol. The molecule has 2 N–H and O–H groups in total. The second-order valence-electron chi connectivity index (χ2n) is 4.27. The van der Waals surface area contributed by atoms with Gasteiger partial charge in [0.05, 0.1) is 11.7 Å². The largest absolute Gasteiger partial charge is 0.478 e. The highest BCUT2D eigenvalue weighted by molar-refractivity contribution is 5.93. The molecular weight excluding hydrogens is 248 g/mol. The van der Waals surface area contributed by atoms with Gasteiger partial charge in [-0.15, -0.1) is 0 Å². The van der Waals surface area contributed by atoms with Gasteiger partial charge in [0.1, 0.15) is 5.69 Å². The first-order valence-electron chi connectivity index (χ1n) is 6.10. The highest BCUT2D eigenvalue weighted by Gasteiger charge is 2.08. The number of aromatic nitrogens is 1. The molecule has 104 valence electrons. The average Bonchev–Trinajstić information content (AvgIpc) is 2.37. The first-order valence-corrected chi connectivity index (χ1v) is 6.10. The SMILES string of the molecule is CC(C)OCCCNC(=O)c1ccc(C(=O)O)cn1. The van der Waals surface area contributed by atoms with Gasteiger partial charge in [-0.25, -0.2) is 4.79 Å². The van der Waals surface area contributed by atoms with Crippen LogP contribution in [0.5, 0.6) is 0 Å². The smallest absolute Gasteiger partial charge is 0.337 e. The van der Waals surface area contributed by atoms with Crippen LogP contribution in [-0.4, -0.2) is 41.2 Å². The molecule has 0 fully saturated rings. The number of ether oxygens (including phenoxy) is 1. The van der Waals surface area contributed by atoms with Gasteiger partial charge in [-0.1, -0.05) is 0 Å². The molecule has 0 aromatic carbocycles. The zero-order valence-corrected chi connectivity index (χ0v) is 11.0. The van der Waals surface area contributed by atoms with Gasteiger partial charge in [-0.3, -0.25) is 9.78 Å². The van der Waals surface area contributed by atoms with Crippen LogP contribution in [0.2, 0.25) is 0 Å². The minimum atomic E-state index is -1.06. The van der Waals surface area contributed by atoms with Crippen molar-refractivity contribution < 1.29 is 19.4 Å². The molecule has 0 spiro atoms. The third kappa shape index (κ3) is 5.48. The Hall–Kier alpha value is -1.95. The van der Waals surface area contributed by atoms with E-state index in [0.29, 0.717) is 13.2 Å². The molecule has 1 amide bonds. The maximum atomic E-state index is 11.7. The molecule has 0 radical (unpaired) electrons. The minimum absolute atomic E-state index is 0.0573. The van der Waals surface area contributed by atoms with Gasteiger partial charge in [0.2, 0.25) is 0 Å². The van der Waals surface area contributed by atoms with Crippen molar-refractivity contribution in [1.29, 1.82) is 0 Å². The van der Waals surface area contributed by atoms with Crippen LogP contribution in [-0.2, 0) is 4.74 Å². The van der Waals surface area contributed by atoms with E-state index in [1.54, 1.807) is 0 Å². The van der Waals surface area contributed by atoms with E-state index in [1.165, 1.54) is 18.3 Å². The van der Waals surface area contributed by atoms with E-state index in [4.69, 9.17) is 9.84 Å². The van der Waals surface area contributed by atoms with Gasteiger partial charge in [0.25, 0.3) is 5.91 Å². The Balaban J connectivity index is 2.35. The van der Waals surface area contributed by atoms with Gasteiger partial charge in [0.15, 0.2) is 0 Å². The Morgan fingerprint density at radius 2 is 2.16 bits per heavy atom. The number of aromatic carboxylic acids is 1. The lowest BCUT2D eigenvalue weighted by molar-refractivity contribution is 0.0694. The predicted octanol–water partition coefficient (Wildman–Crippen LogP) is 1.32. The number of hydrogen-bond acceptors (Lipinski definition) is 4. The maximum absolute atomic E-state index is 11.7. The first-order chi connectivity index (χ1) is 9.00. The summed E-state index contributed by atoms with van der Waals surface area (Å²) in [5, 5.41) is 11.4. The fraction of sp³-hybridized carbons (Fsp3) is 0.462. The number of amides is 1. The summed E-state index contributed by atoms with van der Waals surface area (Å²) < 4.78 is 5.34. The quantitative estimate of drug-likeness (QED) is 0.727. The van der Waals surface area contributed by atoms with Crippen molar-refractivity contribution in [2.75, 3.05) is 13.2 Å². The number of carbonyl (C=O) groups excluding carboxylic acids is 1. The normalized spacial score (nSPS) is 10.5. The second-order valence-corrected chi connectivity index (χ2v) is 4.27. The fourth-order valence-electron chi connectivity index (χ4n) is 1.34. The molecule has 0 atom stereocenters. The summed E-state index contributed by atoms with van der Waals surface area (Å²) in [6.45, 7) is 4.98. The molecule has 1 rings (SSSR count). The second kappa shape index (κ2) is 7.48. The van der Waals surface area contributed by atoms with E-state index < -0.39 is 5.97 Å². The summed E-state index contributed by atoms with van der Waals surface area (Å²) in [5.41, 5.74) is 0.261. The molecule has 0 unspecified atom stereocenters. The maximum Gasteiger partial charge on any atom is 0.337 e. The van der Waals surface area contributed by atoms with Crippen molar-refractivity contribution in [2.24, 2.45) is 0 Å². The summed E-state index contributed by atoms with van der Waals surface area (Å²) >= 11 is 0. The Kier molecular flexibility index (Phi) is 5.95. The van der Waals surface area contributed by atoms with Crippen LogP contribution in [0.25, 0.3) is 0 Å². The molecule has 1 aromatic heterocycles. The molecule has 0 saturated heterocycles. The highest BCUT2D eigenvalue weighted by Crippen LogP contribution is 2.00. The summed E-state index contributed by atoms with van der Waals surface area (Å²) in [4.78, 5) is 26.1. The number of rotatable bonds is 7. The van der Waals surface area contributed by atoms with Gasteiger partial charge < -0.3 is 15.2 Å². The van der Waals surface area contributed by atoms with Gasteiger partial charge in [-0.2, -0.15) is 0 Å². The van der Waals surface area contributed by atoms with Crippen molar-refractivity contribution >= 4 is 11.9 Å². The van der Waals surface area contributed by atoms with E-state index >= 15 is 0 Å². The van der Waals surface area contributed by atoms with Crippen molar-refractivity contribution in [3.63, 3.8) is 0 Å². The number of carboxylic acids is 1. The fourth-order valence-corrected chi connectivity index (χ4v) is 1.34.